The second-order valence-electron chi connectivity index (χ2n) is 4.36. The van der Waals surface area contributed by atoms with Crippen molar-refractivity contribution in [2.24, 2.45) is 0 Å². The first kappa shape index (κ1) is 12.7. The summed E-state index contributed by atoms with van der Waals surface area (Å²) in [6.07, 6.45) is 0. The molecule has 2 amide bonds. The smallest absolute Gasteiger partial charge is 0.318 e. The average molecular weight is 250 g/mol. The number of methoxy groups -OCH3 is 1. The third-order valence-electron chi connectivity index (χ3n) is 3.17. The first-order valence-electron chi connectivity index (χ1n) is 5.97. The highest BCUT2D eigenvalue weighted by Crippen LogP contribution is 2.32. The number of aryl methyl sites for hydroxylation is 1. The molecular weight excluding hydrogens is 232 g/mol. The number of nitrogens with zero attached hydrogens (tertiary/aromatic N) is 1. The molecule has 1 aliphatic rings. The van der Waals surface area contributed by atoms with Crippen LogP contribution in [0.15, 0.2) is 18.2 Å². The van der Waals surface area contributed by atoms with Crippen LogP contribution in [0.2, 0.25) is 0 Å². The Bertz CT molecular complexity index is 448. The minimum atomic E-state index is -0.141. The Morgan fingerprint density at radius 3 is 3.00 bits per heavy atom. The lowest BCUT2D eigenvalue weighted by atomic mass is 10.0. The maximum atomic E-state index is 11.7. The van der Waals surface area contributed by atoms with E-state index in [1.54, 1.807) is 12.0 Å². The van der Waals surface area contributed by atoms with Gasteiger partial charge in [-0.05, 0) is 13.0 Å². The van der Waals surface area contributed by atoms with Crippen LogP contribution in [0.25, 0.3) is 0 Å². The summed E-state index contributed by atoms with van der Waals surface area (Å²) >= 11 is 0. The Morgan fingerprint density at radius 1 is 1.56 bits per heavy atom. The number of benzene rings is 1. The number of β-amino-alcohol motifs (C(OH)–C–C–N with tert-alkyl or cyclic N) is 1. The molecule has 98 valence electrons. The summed E-state index contributed by atoms with van der Waals surface area (Å²) in [7, 11) is 1.62. The van der Waals surface area contributed by atoms with Gasteiger partial charge in [-0.25, -0.2) is 4.79 Å². The lowest BCUT2D eigenvalue weighted by molar-refractivity contribution is 0.178. The van der Waals surface area contributed by atoms with Crippen molar-refractivity contribution < 1.29 is 14.6 Å². The van der Waals surface area contributed by atoms with Gasteiger partial charge in [0.1, 0.15) is 5.75 Å². The van der Waals surface area contributed by atoms with Crippen LogP contribution in [-0.4, -0.2) is 42.8 Å². The van der Waals surface area contributed by atoms with Gasteiger partial charge in [0, 0.05) is 18.7 Å². The normalized spacial score (nSPS) is 18.9. The molecule has 1 aromatic carbocycles. The number of urea groups is 1. The van der Waals surface area contributed by atoms with E-state index in [1.807, 2.05) is 25.1 Å². The lowest BCUT2D eigenvalue weighted by Gasteiger charge is -2.24. The zero-order valence-corrected chi connectivity index (χ0v) is 10.6. The fourth-order valence-corrected chi connectivity index (χ4v) is 2.29. The van der Waals surface area contributed by atoms with E-state index in [-0.39, 0.29) is 18.7 Å². The van der Waals surface area contributed by atoms with Crippen molar-refractivity contribution in [2.75, 3.05) is 26.8 Å². The molecule has 1 fully saturated rings. The van der Waals surface area contributed by atoms with Gasteiger partial charge in [-0.15, -0.1) is 0 Å². The third-order valence-corrected chi connectivity index (χ3v) is 3.17. The summed E-state index contributed by atoms with van der Waals surface area (Å²) in [5.74, 6) is 0.769. The van der Waals surface area contributed by atoms with E-state index in [9.17, 15) is 4.79 Å². The van der Waals surface area contributed by atoms with Crippen molar-refractivity contribution >= 4 is 6.03 Å². The molecule has 18 heavy (non-hydrogen) atoms. The van der Waals surface area contributed by atoms with Gasteiger partial charge in [0.15, 0.2) is 0 Å². The van der Waals surface area contributed by atoms with Gasteiger partial charge in [-0.2, -0.15) is 0 Å². The van der Waals surface area contributed by atoms with Crippen molar-refractivity contribution in [1.82, 2.24) is 10.2 Å². The Morgan fingerprint density at radius 2 is 2.33 bits per heavy atom. The van der Waals surface area contributed by atoms with Crippen molar-refractivity contribution in [3.05, 3.63) is 29.3 Å². The highest BCUT2D eigenvalue weighted by atomic mass is 16.5. The number of hydrogen-bond acceptors (Lipinski definition) is 3. The highest BCUT2D eigenvalue weighted by molar-refractivity contribution is 5.77. The Kier molecular flexibility index (Phi) is 3.72. The quantitative estimate of drug-likeness (QED) is 0.840. The highest BCUT2D eigenvalue weighted by Gasteiger charge is 2.33. The molecular formula is C13H18N2O3. The van der Waals surface area contributed by atoms with Gasteiger partial charge >= 0.3 is 6.03 Å². The topological polar surface area (TPSA) is 61.8 Å². The summed E-state index contributed by atoms with van der Waals surface area (Å²) in [5, 5.41) is 11.8. The Hall–Kier alpha value is -1.75. The number of carbonyl (C=O) groups excluding carboxylic acids is 1. The van der Waals surface area contributed by atoms with Gasteiger partial charge in [0.25, 0.3) is 0 Å². The van der Waals surface area contributed by atoms with Crippen LogP contribution in [0.5, 0.6) is 5.75 Å². The number of ether oxygens (including phenoxy) is 1. The maximum Gasteiger partial charge on any atom is 0.318 e. The van der Waals surface area contributed by atoms with Crippen molar-refractivity contribution in [2.45, 2.75) is 13.0 Å². The number of nitrogens with one attached hydrogen (secondary N) is 1. The molecule has 0 bridgehead atoms. The van der Waals surface area contributed by atoms with Gasteiger partial charge in [0.2, 0.25) is 0 Å². The van der Waals surface area contributed by atoms with Crippen LogP contribution in [0.3, 0.4) is 0 Å². The van der Waals surface area contributed by atoms with Crippen LogP contribution in [-0.2, 0) is 0 Å². The van der Waals surface area contributed by atoms with Crippen molar-refractivity contribution in [1.29, 1.82) is 0 Å². The van der Waals surface area contributed by atoms with Gasteiger partial charge in [0.05, 0.1) is 19.8 Å². The minimum Gasteiger partial charge on any atom is -0.496 e. The molecule has 0 saturated carbocycles. The summed E-state index contributed by atoms with van der Waals surface area (Å²) in [4.78, 5) is 13.3. The standard InChI is InChI=1S/C13H18N2O3/c1-9-3-4-12(18-2)10(7-9)11-8-14-13(17)15(11)5-6-16/h3-4,7,11,16H,5-6,8H2,1-2H3,(H,14,17). The summed E-state index contributed by atoms with van der Waals surface area (Å²) in [5.41, 5.74) is 2.10. The molecule has 5 nitrogen and oxygen atoms in total. The maximum absolute atomic E-state index is 11.7. The van der Waals surface area contributed by atoms with E-state index in [2.05, 4.69) is 5.32 Å². The summed E-state index contributed by atoms with van der Waals surface area (Å²) in [6.45, 7) is 2.83. The summed E-state index contributed by atoms with van der Waals surface area (Å²) < 4.78 is 5.35. The van der Waals surface area contributed by atoms with E-state index >= 15 is 0 Å². The molecule has 2 rings (SSSR count). The van der Waals surface area contributed by atoms with Crippen molar-refractivity contribution in [3.8, 4) is 5.75 Å². The lowest BCUT2D eigenvalue weighted by Crippen LogP contribution is -2.32. The largest absolute Gasteiger partial charge is 0.496 e. The van der Waals surface area contributed by atoms with Gasteiger partial charge in [-0.3, -0.25) is 0 Å². The van der Waals surface area contributed by atoms with Crippen LogP contribution in [0.4, 0.5) is 4.79 Å². The predicted octanol–water partition coefficient (Wildman–Crippen LogP) is 1.06. The third kappa shape index (κ3) is 2.26. The van der Waals surface area contributed by atoms with Crippen molar-refractivity contribution in [3.63, 3.8) is 0 Å². The Labute approximate surface area is 106 Å². The molecule has 1 atom stereocenters. The number of amides is 2. The fourth-order valence-electron chi connectivity index (χ4n) is 2.29. The molecule has 1 heterocycles. The SMILES string of the molecule is COc1ccc(C)cc1C1CNC(=O)N1CCO. The van der Waals surface area contributed by atoms with Gasteiger partial charge < -0.3 is 20.1 Å². The first-order chi connectivity index (χ1) is 8.67. The van der Waals surface area contributed by atoms with Crippen LogP contribution in [0.1, 0.15) is 17.2 Å². The molecule has 0 aliphatic carbocycles. The minimum absolute atomic E-state index is 0.0436. The molecule has 1 aliphatic heterocycles. The Balaban J connectivity index is 2.35. The predicted molar refractivity (Wildman–Crippen MR) is 67.7 cm³/mol. The summed E-state index contributed by atoms with van der Waals surface area (Å²) in [6, 6.07) is 5.68. The second-order valence-corrected chi connectivity index (χ2v) is 4.36. The molecule has 0 radical (unpaired) electrons. The van der Waals surface area contributed by atoms with Crippen LogP contribution in [0, 0.1) is 6.92 Å². The molecule has 5 heteroatoms. The molecule has 1 aromatic rings. The van der Waals surface area contributed by atoms with E-state index in [0.717, 1.165) is 16.9 Å². The number of rotatable bonds is 4. The molecule has 1 unspecified atom stereocenters. The average Bonchev–Trinajstić information content (AvgIpc) is 2.72. The van der Waals surface area contributed by atoms with Crippen LogP contribution >= 0.6 is 0 Å². The zero-order valence-electron chi connectivity index (χ0n) is 10.6. The van der Waals surface area contributed by atoms with E-state index in [0.29, 0.717) is 13.1 Å². The zero-order chi connectivity index (χ0) is 13.1. The van der Waals surface area contributed by atoms with E-state index in [4.69, 9.17) is 9.84 Å². The number of aliphatic hydroxyl groups is 1. The van der Waals surface area contributed by atoms with Crippen LogP contribution < -0.4 is 10.1 Å². The number of aliphatic hydroxyl groups excluding tert-OH is 1. The van der Waals surface area contributed by atoms with E-state index in [1.165, 1.54) is 0 Å². The number of hydrogen-bond donors (Lipinski definition) is 2. The number of carbonyl (C=O) groups is 1. The monoisotopic (exact) mass is 250 g/mol. The molecule has 1 saturated heterocycles. The first-order valence-corrected chi connectivity index (χ1v) is 5.97. The van der Waals surface area contributed by atoms with E-state index < -0.39 is 0 Å². The van der Waals surface area contributed by atoms with Gasteiger partial charge in [-0.1, -0.05) is 17.7 Å². The molecule has 0 spiro atoms. The molecule has 2 N–H and O–H groups in total. The fraction of sp³-hybridized carbons (Fsp3) is 0.462. The molecule has 0 aromatic heterocycles. The second kappa shape index (κ2) is 5.27.